The molecule has 5 nitrogen and oxygen atoms in total. The summed E-state index contributed by atoms with van der Waals surface area (Å²) in [6.07, 6.45) is 5.75. The van der Waals surface area contributed by atoms with Gasteiger partial charge in [0.05, 0.1) is 29.9 Å². The molecule has 132 valence electrons. The molecule has 0 aromatic heterocycles. The van der Waals surface area contributed by atoms with Gasteiger partial charge in [0, 0.05) is 5.56 Å². The minimum atomic E-state index is -0.428. The van der Waals surface area contributed by atoms with Crippen molar-refractivity contribution in [3.05, 3.63) is 53.5 Å². The molecule has 1 saturated heterocycles. The third kappa shape index (κ3) is 2.79. The second-order valence-corrected chi connectivity index (χ2v) is 7.79. The summed E-state index contributed by atoms with van der Waals surface area (Å²) in [5, 5.41) is 0. The lowest BCUT2D eigenvalue weighted by atomic mass is 9.75. The van der Waals surface area contributed by atoms with E-state index in [0.29, 0.717) is 18.0 Å². The zero-order valence-electron chi connectivity index (χ0n) is 15.5. The lowest BCUT2D eigenvalue weighted by Crippen LogP contribution is -2.41. The number of allylic oxidation sites excluding steroid dienone is 1. The molecule has 3 aliphatic rings. The highest BCUT2D eigenvalue weighted by atomic mass is 16.7. The number of hydrogen-bond donors (Lipinski definition) is 0. The van der Waals surface area contributed by atoms with E-state index in [9.17, 15) is 4.79 Å². The first kappa shape index (κ1) is 17.1. The van der Waals surface area contributed by atoms with Gasteiger partial charge in [0.15, 0.2) is 5.70 Å². The molecule has 0 bridgehead atoms. The Morgan fingerprint density at radius 1 is 1.08 bits per heavy atom. The Kier molecular flexibility index (Phi) is 3.86. The van der Waals surface area contributed by atoms with Crippen molar-refractivity contribution in [2.75, 3.05) is 0 Å². The summed E-state index contributed by atoms with van der Waals surface area (Å²) in [5.41, 5.74) is 1.80. The SMILES string of the molecule is CC1(C)OB(C2=CC=[N+]3C(=O)C=C(c4ccccc4)N=C3C2)OC1(C)C. The van der Waals surface area contributed by atoms with Gasteiger partial charge in [-0.3, -0.25) is 0 Å². The number of carbonyl (C=O) groups is 1. The Morgan fingerprint density at radius 2 is 1.73 bits per heavy atom. The molecule has 4 rings (SSSR count). The summed E-state index contributed by atoms with van der Waals surface area (Å²) in [4.78, 5) is 17.2. The lowest BCUT2D eigenvalue weighted by molar-refractivity contribution is -0.331. The molecule has 0 unspecified atom stereocenters. The molecule has 1 aromatic carbocycles. The molecule has 26 heavy (non-hydrogen) atoms. The summed E-state index contributed by atoms with van der Waals surface area (Å²) in [7, 11) is -0.428. The van der Waals surface area contributed by atoms with Crippen molar-refractivity contribution in [1.82, 2.24) is 0 Å². The van der Waals surface area contributed by atoms with Crippen molar-refractivity contribution in [2.24, 2.45) is 4.99 Å². The zero-order valence-corrected chi connectivity index (χ0v) is 15.5. The predicted molar refractivity (Wildman–Crippen MR) is 102 cm³/mol. The second-order valence-electron chi connectivity index (χ2n) is 7.79. The molecule has 0 N–H and O–H groups in total. The minimum absolute atomic E-state index is 0.0851. The van der Waals surface area contributed by atoms with Crippen LogP contribution in [0.15, 0.2) is 52.9 Å². The van der Waals surface area contributed by atoms with E-state index in [0.717, 1.165) is 11.0 Å². The smallest absolute Gasteiger partial charge is 0.400 e. The van der Waals surface area contributed by atoms with E-state index < -0.39 is 18.3 Å². The van der Waals surface area contributed by atoms with Crippen LogP contribution in [0.25, 0.3) is 5.70 Å². The third-order valence-electron chi connectivity index (χ3n) is 5.45. The first-order valence-corrected chi connectivity index (χ1v) is 8.84. The van der Waals surface area contributed by atoms with Gasteiger partial charge in [-0.2, -0.15) is 4.58 Å². The Balaban J connectivity index is 1.63. The number of rotatable bonds is 2. The fourth-order valence-corrected chi connectivity index (χ4v) is 3.15. The normalized spacial score (nSPS) is 23.7. The van der Waals surface area contributed by atoms with Crippen LogP contribution >= 0.6 is 0 Å². The Labute approximate surface area is 153 Å². The monoisotopic (exact) mass is 349 g/mol. The van der Waals surface area contributed by atoms with Crippen molar-refractivity contribution >= 4 is 30.8 Å². The highest BCUT2D eigenvalue weighted by molar-refractivity contribution is 6.55. The fourth-order valence-electron chi connectivity index (χ4n) is 3.15. The van der Waals surface area contributed by atoms with Gasteiger partial charge in [0.2, 0.25) is 0 Å². The van der Waals surface area contributed by atoms with E-state index in [1.54, 1.807) is 16.9 Å². The number of amides is 1. The minimum Gasteiger partial charge on any atom is -0.400 e. The molecule has 0 spiro atoms. The summed E-state index contributed by atoms with van der Waals surface area (Å²) in [6, 6.07) is 9.74. The molecule has 0 saturated carbocycles. The van der Waals surface area contributed by atoms with Gasteiger partial charge in [0.25, 0.3) is 0 Å². The van der Waals surface area contributed by atoms with Crippen molar-refractivity contribution in [3.63, 3.8) is 0 Å². The number of amidine groups is 1. The molecule has 3 aliphatic heterocycles. The summed E-state index contributed by atoms with van der Waals surface area (Å²) < 4.78 is 13.9. The number of carbonyl (C=O) groups excluding carboxylic acids is 1. The average molecular weight is 349 g/mol. The molecule has 1 fully saturated rings. The number of benzene rings is 1. The van der Waals surface area contributed by atoms with Gasteiger partial charge in [-0.1, -0.05) is 30.3 Å². The van der Waals surface area contributed by atoms with Gasteiger partial charge in [-0.15, -0.1) is 0 Å². The Hall–Kier alpha value is -2.31. The zero-order chi connectivity index (χ0) is 18.5. The van der Waals surface area contributed by atoms with E-state index in [2.05, 4.69) is 0 Å². The molecule has 6 heteroatoms. The lowest BCUT2D eigenvalue weighted by Gasteiger charge is -2.32. The molecular weight excluding hydrogens is 327 g/mol. The van der Waals surface area contributed by atoms with Gasteiger partial charge in [0.1, 0.15) is 0 Å². The highest BCUT2D eigenvalue weighted by Crippen LogP contribution is 2.39. The maximum atomic E-state index is 12.5. The topological polar surface area (TPSA) is 50.9 Å². The standard InChI is InChI=1S/C20H22BN2O3/c1-19(2)20(3,4)26-21(25-19)15-10-11-23-17(12-15)22-16(13-18(23)24)14-8-6-5-7-9-14/h5-11,13H,12H2,1-4H3/q+1. The van der Waals surface area contributed by atoms with Crippen LogP contribution in [0.2, 0.25) is 0 Å². The molecule has 3 heterocycles. The molecular formula is C20H22BN2O3+. The van der Waals surface area contributed by atoms with Crippen molar-refractivity contribution in [1.29, 1.82) is 0 Å². The van der Waals surface area contributed by atoms with Crippen LogP contribution in [-0.2, 0) is 14.1 Å². The van der Waals surface area contributed by atoms with E-state index in [4.69, 9.17) is 14.3 Å². The second kappa shape index (κ2) is 5.86. The van der Waals surface area contributed by atoms with Crippen LogP contribution in [0.5, 0.6) is 0 Å². The highest BCUT2D eigenvalue weighted by Gasteiger charge is 2.53. The van der Waals surface area contributed by atoms with Gasteiger partial charge in [-0.25, -0.2) is 4.79 Å². The van der Waals surface area contributed by atoms with Crippen LogP contribution in [0.4, 0.5) is 0 Å². The van der Waals surface area contributed by atoms with E-state index in [1.807, 2.05) is 64.1 Å². The summed E-state index contributed by atoms with van der Waals surface area (Å²) in [5.74, 6) is 0.613. The quantitative estimate of drug-likeness (QED) is 0.609. The van der Waals surface area contributed by atoms with Crippen LogP contribution in [0.1, 0.15) is 39.7 Å². The van der Waals surface area contributed by atoms with Crippen LogP contribution < -0.4 is 0 Å². The summed E-state index contributed by atoms with van der Waals surface area (Å²) in [6.45, 7) is 8.13. The van der Waals surface area contributed by atoms with Gasteiger partial charge < -0.3 is 9.31 Å². The van der Waals surface area contributed by atoms with E-state index in [1.165, 1.54) is 0 Å². The predicted octanol–water partition coefficient (Wildman–Crippen LogP) is 3.01. The van der Waals surface area contributed by atoms with E-state index in [-0.39, 0.29) is 5.91 Å². The molecule has 1 amide bonds. The Bertz CT molecular complexity index is 879. The third-order valence-corrected chi connectivity index (χ3v) is 5.45. The van der Waals surface area contributed by atoms with Crippen LogP contribution in [0, 0.1) is 0 Å². The number of fused-ring (bicyclic) bond motifs is 1. The largest absolute Gasteiger partial charge is 0.491 e. The molecule has 0 radical (unpaired) electrons. The van der Waals surface area contributed by atoms with Crippen molar-refractivity contribution in [2.45, 2.75) is 45.3 Å². The molecule has 0 atom stereocenters. The number of nitrogens with zero attached hydrogens (tertiary/aromatic N) is 2. The van der Waals surface area contributed by atoms with Crippen LogP contribution in [0.3, 0.4) is 0 Å². The first-order chi connectivity index (χ1) is 12.3. The molecule has 0 aliphatic carbocycles. The molecule has 1 aromatic rings. The maximum Gasteiger partial charge on any atom is 0.491 e. The van der Waals surface area contributed by atoms with Crippen LogP contribution in [-0.4, -0.2) is 40.9 Å². The average Bonchev–Trinajstić information content (AvgIpc) is 2.83. The van der Waals surface area contributed by atoms with Gasteiger partial charge >= 0.3 is 18.9 Å². The number of aliphatic imine (C=N–C) groups is 1. The van der Waals surface area contributed by atoms with Crippen molar-refractivity contribution in [3.8, 4) is 0 Å². The maximum absolute atomic E-state index is 12.5. The summed E-state index contributed by atoms with van der Waals surface area (Å²) >= 11 is 0. The van der Waals surface area contributed by atoms with E-state index >= 15 is 0 Å². The number of hydrogen-bond acceptors (Lipinski definition) is 4. The van der Waals surface area contributed by atoms with Crippen molar-refractivity contribution < 1.29 is 18.7 Å². The van der Waals surface area contributed by atoms with Gasteiger partial charge in [-0.05, 0) is 44.2 Å². The fraction of sp³-hybridized carbons (Fsp3) is 0.350. The Morgan fingerprint density at radius 3 is 2.38 bits per heavy atom. The first-order valence-electron chi connectivity index (χ1n) is 8.84.